The van der Waals surface area contributed by atoms with E-state index in [1.165, 1.54) is 31.2 Å². The summed E-state index contributed by atoms with van der Waals surface area (Å²) < 4.78 is 10.8. The third-order valence-electron chi connectivity index (χ3n) is 3.57. The molecule has 2 aromatic carbocycles. The second-order valence-electron chi connectivity index (χ2n) is 5.65. The fraction of sp³-hybridized carbons (Fsp3) is 0.150. The Balaban J connectivity index is 1.75. The number of aromatic hydroxyl groups is 1. The Morgan fingerprint density at radius 3 is 2.48 bits per heavy atom. The van der Waals surface area contributed by atoms with Crippen molar-refractivity contribution in [1.29, 1.82) is 0 Å². The van der Waals surface area contributed by atoms with Crippen molar-refractivity contribution in [3.05, 3.63) is 72.3 Å². The van der Waals surface area contributed by atoms with Crippen molar-refractivity contribution in [2.45, 2.75) is 19.3 Å². The molecular weight excluding hydrogens is 320 g/mol. The summed E-state index contributed by atoms with van der Waals surface area (Å²) in [4.78, 5) is 12.3. The van der Waals surface area contributed by atoms with Gasteiger partial charge in [0.05, 0.1) is 0 Å². The van der Waals surface area contributed by atoms with Gasteiger partial charge in [0.25, 0.3) is 0 Å². The molecule has 0 spiro atoms. The fourth-order valence-corrected chi connectivity index (χ4v) is 2.51. The summed E-state index contributed by atoms with van der Waals surface area (Å²) in [6.07, 6.45) is 3.23. The topological polar surface area (TPSA) is 76.0 Å². The highest BCUT2D eigenvalue weighted by atomic mass is 16.6. The first-order chi connectivity index (χ1) is 12.0. The normalized spacial score (nSPS) is 17.8. The van der Waals surface area contributed by atoms with E-state index in [1.54, 1.807) is 6.08 Å². The molecule has 0 saturated heterocycles. The molecule has 0 saturated carbocycles. The van der Waals surface area contributed by atoms with E-state index in [1.807, 2.05) is 36.4 Å². The molecule has 5 nitrogen and oxygen atoms in total. The number of phenolic OH excluding ortho intramolecular Hbond substituents is 1. The van der Waals surface area contributed by atoms with Gasteiger partial charge in [-0.3, -0.25) is 4.79 Å². The van der Waals surface area contributed by atoms with Crippen LogP contribution in [0.15, 0.2) is 66.8 Å². The maximum Gasteiger partial charge on any atom is 0.200 e. The summed E-state index contributed by atoms with van der Waals surface area (Å²) in [6.45, 7) is 1.45. The van der Waals surface area contributed by atoms with Crippen molar-refractivity contribution in [2.24, 2.45) is 0 Å². The largest absolute Gasteiger partial charge is 0.508 e. The Hall–Kier alpha value is -3.05. The number of aliphatic hydroxyl groups excluding tert-OH is 1. The summed E-state index contributed by atoms with van der Waals surface area (Å²) >= 11 is 0. The summed E-state index contributed by atoms with van der Waals surface area (Å²) in [5.41, 5.74) is 1.77. The van der Waals surface area contributed by atoms with Crippen LogP contribution in [0.25, 0.3) is 5.57 Å². The SMILES string of the molecule is CC(O)Oc1cc(O)cc(OC2C=CC(c3ccccc3)=CC2=O)c1. The molecule has 5 heteroatoms. The zero-order valence-corrected chi connectivity index (χ0v) is 13.6. The standard InChI is InChI=1S/C20H18O5/c1-13(21)24-17-10-16(22)11-18(12-17)25-20-8-7-15(9-19(20)23)14-5-3-2-4-6-14/h2-13,20-22H,1H3. The lowest BCUT2D eigenvalue weighted by molar-refractivity contribution is -0.119. The van der Waals surface area contributed by atoms with Gasteiger partial charge in [0, 0.05) is 18.2 Å². The number of aliphatic hydroxyl groups is 1. The third-order valence-corrected chi connectivity index (χ3v) is 3.57. The van der Waals surface area contributed by atoms with Crippen LogP contribution in [0, 0.1) is 0 Å². The average Bonchev–Trinajstić information content (AvgIpc) is 2.56. The van der Waals surface area contributed by atoms with E-state index in [4.69, 9.17) is 9.47 Å². The number of phenols is 1. The molecule has 0 fully saturated rings. The van der Waals surface area contributed by atoms with Crippen molar-refractivity contribution in [1.82, 2.24) is 0 Å². The van der Waals surface area contributed by atoms with Crippen LogP contribution >= 0.6 is 0 Å². The molecule has 2 atom stereocenters. The van der Waals surface area contributed by atoms with Crippen molar-refractivity contribution in [3.8, 4) is 17.2 Å². The molecular formula is C20H18O5. The van der Waals surface area contributed by atoms with Gasteiger partial charge in [0.1, 0.15) is 17.2 Å². The quantitative estimate of drug-likeness (QED) is 0.820. The summed E-state index contributed by atoms with van der Waals surface area (Å²) in [5.74, 6) is 0.247. The van der Waals surface area contributed by atoms with Crippen LogP contribution in [-0.2, 0) is 4.79 Å². The predicted molar refractivity (Wildman–Crippen MR) is 93.4 cm³/mol. The Kier molecular flexibility index (Phi) is 4.86. The van der Waals surface area contributed by atoms with Gasteiger partial charge in [-0.2, -0.15) is 0 Å². The zero-order chi connectivity index (χ0) is 17.8. The van der Waals surface area contributed by atoms with E-state index in [-0.39, 0.29) is 23.0 Å². The minimum Gasteiger partial charge on any atom is -0.508 e. The first-order valence-electron chi connectivity index (χ1n) is 7.86. The van der Waals surface area contributed by atoms with Crippen molar-refractivity contribution < 1.29 is 24.5 Å². The Morgan fingerprint density at radius 2 is 1.80 bits per heavy atom. The van der Waals surface area contributed by atoms with Gasteiger partial charge in [-0.15, -0.1) is 0 Å². The number of ketones is 1. The fourth-order valence-electron chi connectivity index (χ4n) is 2.51. The second-order valence-corrected chi connectivity index (χ2v) is 5.65. The molecule has 2 unspecified atom stereocenters. The van der Waals surface area contributed by atoms with Crippen molar-refractivity contribution in [3.63, 3.8) is 0 Å². The smallest absolute Gasteiger partial charge is 0.200 e. The third kappa shape index (κ3) is 4.28. The highest BCUT2D eigenvalue weighted by molar-refractivity contribution is 6.05. The lowest BCUT2D eigenvalue weighted by atomic mass is 9.97. The van der Waals surface area contributed by atoms with Gasteiger partial charge in [-0.1, -0.05) is 36.4 Å². The highest BCUT2D eigenvalue weighted by Crippen LogP contribution is 2.29. The Labute approximate surface area is 145 Å². The molecule has 0 bridgehead atoms. The van der Waals surface area contributed by atoms with Gasteiger partial charge in [-0.25, -0.2) is 0 Å². The van der Waals surface area contributed by atoms with E-state index >= 15 is 0 Å². The Morgan fingerprint density at radius 1 is 1.08 bits per heavy atom. The zero-order valence-electron chi connectivity index (χ0n) is 13.6. The second kappa shape index (κ2) is 7.23. The lowest BCUT2D eigenvalue weighted by Crippen LogP contribution is -2.25. The van der Waals surface area contributed by atoms with Crippen LogP contribution in [-0.4, -0.2) is 28.4 Å². The number of hydrogen-bond donors (Lipinski definition) is 2. The monoisotopic (exact) mass is 338 g/mol. The maximum absolute atomic E-state index is 12.3. The maximum atomic E-state index is 12.3. The number of ether oxygens (including phenoxy) is 2. The van der Waals surface area contributed by atoms with Crippen LogP contribution in [0.3, 0.4) is 0 Å². The highest BCUT2D eigenvalue weighted by Gasteiger charge is 2.20. The average molecular weight is 338 g/mol. The van der Waals surface area contributed by atoms with Gasteiger partial charge in [-0.05, 0) is 30.2 Å². The summed E-state index contributed by atoms with van der Waals surface area (Å²) in [6, 6.07) is 13.8. The number of rotatable bonds is 5. The van der Waals surface area contributed by atoms with Crippen LogP contribution in [0.5, 0.6) is 17.2 Å². The predicted octanol–water partition coefficient (Wildman–Crippen LogP) is 3.08. The molecule has 2 N–H and O–H groups in total. The number of carbonyl (C=O) groups excluding carboxylic acids is 1. The first kappa shape index (κ1) is 16.8. The molecule has 25 heavy (non-hydrogen) atoms. The molecule has 1 aliphatic carbocycles. The molecule has 1 aliphatic rings. The number of benzene rings is 2. The van der Waals surface area contributed by atoms with E-state index in [0.29, 0.717) is 0 Å². The van der Waals surface area contributed by atoms with Crippen LogP contribution in [0.2, 0.25) is 0 Å². The molecule has 0 amide bonds. The number of carbonyl (C=O) groups is 1. The molecule has 0 aliphatic heterocycles. The Bertz CT molecular complexity index is 821. The van der Waals surface area contributed by atoms with Crippen LogP contribution in [0.1, 0.15) is 12.5 Å². The minimum absolute atomic E-state index is 0.0825. The van der Waals surface area contributed by atoms with Gasteiger partial charge in [0.15, 0.2) is 12.4 Å². The van der Waals surface area contributed by atoms with Crippen molar-refractivity contribution >= 4 is 11.4 Å². The molecule has 128 valence electrons. The minimum atomic E-state index is -1.03. The van der Waals surface area contributed by atoms with Crippen LogP contribution in [0.4, 0.5) is 0 Å². The first-order valence-corrected chi connectivity index (χ1v) is 7.86. The lowest BCUT2D eigenvalue weighted by Gasteiger charge is -2.18. The number of hydrogen-bond acceptors (Lipinski definition) is 5. The van der Waals surface area contributed by atoms with E-state index in [0.717, 1.165) is 11.1 Å². The van der Waals surface area contributed by atoms with E-state index in [2.05, 4.69) is 0 Å². The molecule has 2 aromatic rings. The van der Waals surface area contributed by atoms with Crippen LogP contribution < -0.4 is 9.47 Å². The molecule has 0 aromatic heterocycles. The van der Waals surface area contributed by atoms with E-state index < -0.39 is 12.4 Å². The molecule has 0 radical (unpaired) electrons. The number of allylic oxidation sites excluding steroid dienone is 2. The summed E-state index contributed by atoms with van der Waals surface area (Å²) in [5, 5.41) is 19.0. The van der Waals surface area contributed by atoms with Gasteiger partial charge >= 0.3 is 0 Å². The van der Waals surface area contributed by atoms with Gasteiger partial charge < -0.3 is 19.7 Å². The molecule has 0 heterocycles. The van der Waals surface area contributed by atoms with Gasteiger partial charge in [0.2, 0.25) is 5.78 Å². The summed E-state index contributed by atoms with van der Waals surface area (Å²) in [7, 11) is 0. The van der Waals surface area contributed by atoms with Crippen molar-refractivity contribution in [2.75, 3.05) is 0 Å². The van der Waals surface area contributed by atoms with E-state index in [9.17, 15) is 15.0 Å². The molecule has 3 rings (SSSR count).